The van der Waals surface area contributed by atoms with Crippen LogP contribution in [0.25, 0.3) is 16.5 Å². The molecule has 1 heterocycles. The van der Waals surface area contributed by atoms with Crippen LogP contribution in [0.4, 0.5) is 5.69 Å². The molecule has 0 unspecified atom stereocenters. The van der Waals surface area contributed by atoms with E-state index in [2.05, 4.69) is 91.2 Å². The minimum absolute atomic E-state index is 1.00. The minimum Gasteiger partial charge on any atom is -0.318 e. The summed E-state index contributed by atoms with van der Waals surface area (Å²) in [6, 6.07) is 27.2. The van der Waals surface area contributed by atoms with Crippen LogP contribution in [0.2, 0.25) is 0 Å². The van der Waals surface area contributed by atoms with Crippen molar-refractivity contribution in [2.45, 2.75) is 13.8 Å². The van der Waals surface area contributed by atoms with Crippen LogP contribution in [0, 0.1) is 13.8 Å². The summed E-state index contributed by atoms with van der Waals surface area (Å²) >= 11 is 0. The van der Waals surface area contributed by atoms with Crippen LogP contribution in [0.3, 0.4) is 0 Å². The SMILES string of the molecule is Cc1cc(C=Nc2cccc3ccccc23)c(C)n1-c1ccccc1. The van der Waals surface area contributed by atoms with Crippen molar-refractivity contribution in [3.63, 3.8) is 0 Å². The maximum atomic E-state index is 4.78. The number of aryl methyl sites for hydroxylation is 1. The maximum absolute atomic E-state index is 4.78. The lowest BCUT2D eigenvalue weighted by Gasteiger charge is -2.09. The van der Waals surface area contributed by atoms with Gasteiger partial charge in [-0.15, -0.1) is 0 Å². The van der Waals surface area contributed by atoms with Crippen molar-refractivity contribution < 1.29 is 0 Å². The molecule has 0 amide bonds. The van der Waals surface area contributed by atoms with Crippen molar-refractivity contribution >= 4 is 22.7 Å². The summed E-state index contributed by atoms with van der Waals surface area (Å²) in [5.74, 6) is 0. The van der Waals surface area contributed by atoms with Crippen LogP contribution in [0.5, 0.6) is 0 Å². The Hall–Kier alpha value is -3.13. The van der Waals surface area contributed by atoms with Gasteiger partial charge in [0.15, 0.2) is 0 Å². The molecule has 3 aromatic carbocycles. The standard InChI is InChI=1S/C23H20N2/c1-17-15-20(18(2)25(17)21-11-4-3-5-12-21)16-24-23-14-8-10-19-9-6-7-13-22(19)23/h3-16H,1-2H3. The summed E-state index contributed by atoms with van der Waals surface area (Å²) in [7, 11) is 0. The van der Waals surface area contributed by atoms with E-state index in [0.717, 1.165) is 11.3 Å². The monoisotopic (exact) mass is 324 g/mol. The lowest BCUT2D eigenvalue weighted by molar-refractivity contribution is 0.965. The second kappa shape index (κ2) is 6.40. The summed E-state index contributed by atoms with van der Waals surface area (Å²) in [5.41, 5.74) is 5.75. The van der Waals surface area contributed by atoms with Gasteiger partial charge in [0.05, 0.1) is 5.69 Å². The van der Waals surface area contributed by atoms with Crippen molar-refractivity contribution in [1.29, 1.82) is 0 Å². The molecule has 0 aliphatic heterocycles. The van der Waals surface area contributed by atoms with E-state index in [-0.39, 0.29) is 0 Å². The first kappa shape index (κ1) is 15.4. The third kappa shape index (κ3) is 2.87. The van der Waals surface area contributed by atoms with Crippen LogP contribution in [0.15, 0.2) is 83.9 Å². The van der Waals surface area contributed by atoms with E-state index in [1.54, 1.807) is 0 Å². The number of benzene rings is 3. The number of hydrogen-bond donors (Lipinski definition) is 0. The van der Waals surface area contributed by atoms with Gasteiger partial charge in [-0.25, -0.2) is 0 Å². The first-order valence-corrected chi connectivity index (χ1v) is 8.50. The van der Waals surface area contributed by atoms with Crippen LogP contribution in [-0.2, 0) is 0 Å². The molecule has 4 rings (SSSR count). The van der Waals surface area contributed by atoms with Gasteiger partial charge in [0.2, 0.25) is 0 Å². The van der Waals surface area contributed by atoms with Crippen molar-refractivity contribution in [2.24, 2.45) is 4.99 Å². The third-order valence-electron chi connectivity index (χ3n) is 4.59. The molecule has 0 spiro atoms. The Labute approximate surface area is 148 Å². The Balaban J connectivity index is 1.75. The lowest BCUT2D eigenvalue weighted by atomic mass is 10.1. The second-order valence-electron chi connectivity index (χ2n) is 6.25. The van der Waals surface area contributed by atoms with E-state index in [4.69, 9.17) is 4.99 Å². The van der Waals surface area contributed by atoms with Gasteiger partial charge in [-0.05, 0) is 43.5 Å². The highest BCUT2D eigenvalue weighted by Gasteiger charge is 2.09. The van der Waals surface area contributed by atoms with E-state index < -0.39 is 0 Å². The lowest BCUT2D eigenvalue weighted by Crippen LogP contribution is -1.98. The molecule has 0 saturated carbocycles. The highest BCUT2D eigenvalue weighted by molar-refractivity contribution is 5.95. The fourth-order valence-electron chi connectivity index (χ4n) is 3.35. The number of fused-ring (bicyclic) bond motifs is 1. The minimum atomic E-state index is 1.00. The van der Waals surface area contributed by atoms with Crippen LogP contribution < -0.4 is 0 Å². The number of para-hydroxylation sites is 1. The zero-order valence-corrected chi connectivity index (χ0v) is 14.5. The molecule has 0 aliphatic rings. The molecule has 2 nitrogen and oxygen atoms in total. The molecule has 0 saturated heterocycles. The molecule has 1 aromatic heterocycles. The number of hydrogen-bond acceptors (Lipinski definition) is 1. The summed E-state index contributed by atoms with van der Waals surface area (Å²) in [6.45, 7) is 4.28. The van der Waals surface area contributed by atoms with E-state index >= 15 is 0 Å². The molecule has 122 valence electrons. The van der Waals surface area contributed by atoms with Gasteiger partial charge in [0.25, 0.3) is 0 Å². The molecule has 0 radical (unpaired) electrons. The summed E-state index contributed by atoms with van der Waals surface area (Å²) in [4.78, 5) is 4.78. The molecule has 0 N–H and O–H groups in total. The highest BCUT2D eigenvalue weighted by Crippen LogP contribution is 2.26. The fourth-order valence-corrected chi connectivity index (χ4v) is 3.35. The molecular formula is C23H20N2. The summed E-state index contributed by atoms with van der Waals surface area (Å²) in [6.07, 6.45) is 1.98. The average molecular weight is 324 g/mol. The van der Waals surface area contributed by atoms with Gasteiger partial charge >= 0.3 is 0 Å². The first-order chi connectivity index (χ1) is 12.2. The number of rotatable bonds is 3. The Kier molecular flexibility index (Phi) is 3.95. The first-order valence-electron chi connectivity index (χ1n) is 8.50. The smallest absolute Gasteiger partial charge is 0.0708 e. The van der Waals surface area contributed by atoms with E-state index in [1.165, 1.54) is 27.8 Å². The number of nitrogens with zero attached hydrogens (tertiary/aromatic N) is 2. The van der Waals surface area contributed by atoms with Gasteiger partial charge in [-0.2, -0.15) is 0 Å². The molecule has 0 bridgehead atoms. The molecule has 4 aromatic rings. The summed E-state index contributed by atoms with van der Waals surface area (Å²) in [5, 5.41) is 2.39. The number of aliphatic imine (C=N–C) groups is 1. The van der Waals surface area contributed by atoms with Crippen LogP contribution in [0.1, 0.15) is 17.0 Å². The van der Waals surface area contributed by atoms with Crippen molar-refractivity contribution in [1.82, 2.24) is 4.57 Å². The predicted molar refractivity (Wildman–Crippen MR) is 106 cm³/mol. The van der Waals surface area contributed by atoms with Gasteiger partial charge in [0.1, 0.15) is 0 Å². The molecular weight excluding hydrogens is 304 g/mol. The van der Waals surface area contributed by atoms with Crippen LogP contribution >= 0.6 is 0 Å². The van der Waals surface area contributed by atoms with Crippen molar-refractivity contribution in [2.75, 3.05) is 0 Å². The van der Waals surface area contributed by atoms with Gasteiger partial charge in [-0.3, -0.25) is 4.99 Å². The molecule has 0 fully saturated rings. The third-order valence-corrected chi connectivity index (χ3v) is 4.59. The topological polar surface area (TPSA) is 17.3 Å². The normalized spacial score (nSPS) is 11.4. The van der Waals surface area contributed by atoms with E-state index in [0.29, 0.717) is 0 Å². The fraction of sp³-hybridized carbons (Fsp3) is 0.0870. The van der Waals surface area contributed by atoms with E-state index in [9.17, 15) is 0 Å². The zero-order valence-electron chi connectivity index (χ0n) is 14.5. The molecule has 25 heavy (non-hydrogen) atoms. The number of aromatic nitrogens is 1. The van der Waals surface area contributed by atoms with Crippen molar-refractivity contribution in [3.8, 4) is 5.69 Å². The molecule has 0 atom stereocenters. The predicted octanol–water partition coefficient (Wildman–Crippen LogP) is 6.00. The van der Waals surface area contributed by atoms with Crippen molar-refractivity contribution in [3.05, 3.63) is 95.8 Å². The molecule has 0 aliphatic carbocycles. The average Bonchev–Trinajstić information content (AvgIpc) is 2.94. The molecule has 2 heteroatoms. The Morgan fingerprint density at radius 2 is 1.52 bits per heavy atom. The quantitative estimate of drug-likeness (QED) is 0.411. The van der Waals surface area contributed by atoms with E-state index in [1.807, 2.05) is 12.3 Å². The van der Waals surface area contributed by atoms with Crippen LogP contribution in [-0.4, -0.2) is 10.8 Å². The largest absolute Gasteiger partial charge is 0.318 e. The van der Waals surface area contributed by atoms with Gasteiger partial charge < -0.3 is 4.57 Å². The highest BCUT2D eigenvalue weighted by atomic mass is 15.0. The zero-order chi connectivity index (χ0) is 17.2. The van der Waals surface area contributed by atoms with Gasteiger partial charge in [-0.1, -0.05) is 54.6 Å². The summed E-state index contributed by atoms with van der Waals surface area (Å²) < 4.78 is 2.27. The second-order valence-corrected chi connectivity index (χ2v) is 6.25. The van der Waals surface area contributed by atoms with Gasteiger partial charge in [0, 0.05) is 34.2 Å². The maximum Gasteiger partial charge on any atom is 0.0708 e. The Morgan fingerprint density at radius 1 is 0.800 bits per heavy atom. The Bertz CT molecular complexity index is 1050. The Morgan fingerprint density at radius 3 is 2.36 bits per heavy atom.